The van der Waals surface area contributed by atoms with Gasteiger partial charge in [0.2, 0.25) is 0 Å². The third-order valence-electron chi connectivity index (χ3n) is 6.03. The molecule has 2 fully saturated rings. The van der Waals surface area contributed by atoms with Crippen LogP contribution in [0.2, 0.25) is 0 Å². The zero-order valence-electron chi connectivity index (χ0n) is 16.5. The van der Waals surface area contributed by atoms with E-state index in [4.69, 9.17) is 0 Å². The molecule has 2 aliphatic heterocycles. The molecule has 0 bridgehead atoms. The monoisotopic (exact) mass is 414 g/mol. The Bertz CT molecular complexity index is 958. The fourth-order valence-electron chi connectivity index (χ4n) is 4.04. The van der Waals surface area contributed by atoms with E-state index in [-0.39, 0.29) is 11.5 Å². The van der Waals surface area contributed by atoms with Gasteiger partial charge in [0.05, 0.1) is 12.2 Å². The smallest absolute Gasteiger partial charge is 0.274 e. The van der Waals surface area contributed by atoms with E-state index >= 15 is 0 Å². The number of aromatic amines is 1. The summed E-state index contributed by atoms with van der Waals surface area (Å²) in [5.74, 6) is 2.55. The second-order valence-corrected chi connectivity index (χ2v) is 9.20. The molecule has 5 rings (SSSR count). The number of aryl methyl sites for hydroxylation is 1. The Kier molecular flexibility index (Phi) is 5.17. The summed E-state index contributed by atoms with van der Waals surface area (Å²) in [6.07, 6.45) is 3.32. The van der Waals surface area contributed by atoms with Crippen LogP contribution in [-0.2, 0) is 18.7 Å². The third kappa shape index (κ3) is 4.11. The lowest BCUT2D eigenvalue weighted by molar-refractivity contribution is 0.0625. The van der Waals surface area contributed by atoms with Crippen molar-refractivity contribution in [3.63, 3.8) is 0 Å². The van der Waals surface area contributed by atoms with Gasteiger partial charge in [-0.15, -0.1) is 0 Å². The number of carbonyl (C=O) groups is 1. The first-order valence-corrected chi connectivity index (χ1v) is 11.6. The lowest BCUT2D eigenvalue weighted by atomic mass is 10.2. The number of amides is 1. The number of aromatic nitrogens is 4. The SMILES string of the molecule is O=C(c1cc(C2CC2)[nH]n1)N1CCN(CCn2nc3c(cc2=O)CSCC3)CC1. The highest BCUT2D eigenvalue weighted by atomic mass is 32.2. The predicted molar refractivity (Wildman–Crippen MR) is 111 cm³/mol. The Morgan fingerprint density at radius 2 is 2.00 bits per heavy atom. The zero-order chi connectivity index (χ0) is 19.8. The van der Waals surface area contributed by atoms with E-state index in [1.807, 2.05) is 22.7 Å². The average Bonchev–Trinajstić information content (AvgIpc) is 3.49. The van der Waals surface area contributed by atoms with Gasteiger partial charge in [0.1, 0.15) is 5.69 Å². The van der Waals surface area contributed by atoms with Crippen LogP contribution in [0.3, 0.4) is 0 Å². The number of hydrogen-bond donors (Lipinski definition) is 1. The van der Waals surface area contributed by atoms with Crippen LogP contribution < -0.4 is 5.56 Å². The topological polar surface area (TPSA) is 87.1 Å². The largest absolute Gasteiger partial charge is 0.335 e. The summed E-state index contributed by atoms with van der Waals surface area (Å²) in [5, 5.41) is 11.8. The van der Waals surface area contributed by atoms with Gasteiger partial charge in [-0.3, -0.25) is 19.6 Å². The summed E-state index contributed by atoms with van der Waals surface area (Å²) in [6, 6.07) is 3.67. The van der Waals surface area contributed by atoms with Crippen LogP contribution in [0.4, 0.5) is 0 Å². The molecular weight excluding hydrogens is 388 g/mol. The van der Waals surface area contributed by atoms with Gasteiger partial charge < -0.3 is 4.90 Å². The standard InChI is InChI=1S/C20H26N6O2S/c27-19-11-15-13-29-10-3-16(15)23-26(19)9-6-24-4-7-25(8-5-24)20(28)18-12-17(21-22-18)14-1-2-14/h11-12,14H,1-10,13H2,(H,21,22). The van der Waals surface area contributed by atoms with Crippen molar-refractivity contribution in [2.24, 2.45) is 0 Å². The summed E-state index contributed by atoms with van der Waals surface area (Å²) in [7, 11) is 0. The molecule has 0 aromatic carbocycles. The number of rotatable bonds is 5. The van der Waals surface area contributed by atoms with Crippen LogP contribution in [0.5, 0.6) is 0 Å². The minimum absolute atomic E-state index is 0.00920. The van der Waals surface area contributed by atoms with Crippen molar-refractivity contribution >= 4 is 17.7 Å². The molecule has 9 heteroatoms. The van der Waals surface area contributed by atoms with Gasteiger partial charge in [0.25, 0.3) is 11.5 Å². The van der Waals surface area contributed by atoms with Gasteiger partial charge >= 0.3 is 0 Å². The first-order valence-electron chi connectivity index (χ1n) is 10.4. The van der Waals surface area contributed by atoms with Gasteiger partial charge in [-0.1, -0.05) is 0 Å². The second kappa shape index (κ2) is 7.95. The van der Waals surface area contributed by atoms with E-state index in [0.29, 0.717) is 31.2 Å². The van der Waals surface area contributed by atoms with Gasteiger partial charge in [-0.05, 0) is 30.2 Å². The van der Waals surface area contributed by atoms with Crippen molar-refractivity contribution in [1.29, 1.82) is 0 Å². The molecule has 0 atom stereocenters. The highest BCUT2D eigenvalue weighted by molar-refractivity contribution is 7.98. The first kappa shape index (κ1) is 18.9. The Morgan fingerprint density at radius 3 is 2.79 bits per heavy atom. The van der Waals surface area contributed by atoms with Crippen LogP contribution in [0.1, 0.15) is 46.2 Å². The minimum Gasteiger partial charge on any atom is -0.335 e. The molecule has 1 saturated carbocycles. The van der Waals surface area contributed by atoms with E-state index in [1.165, 1.54) is 12.8 Å². The Morgan fingerprint density at radius 1 is 1.17 bits per heavy atom. The van der Waals surface area contributed by atoms with E-state index in [0.717, 1.165) is 54.5 Å². The molecule has 29 heavy (non-hydrogen) atoms. The molecular formula is C20H26N6O2S. The van der Waals surface area contributed by atoms with Crippen LogP contribution in [0.25, 0.3) is 0 Å². The van der Waals surface area contributed by atoms with Gasteiger partial charge in [-0.25, -0.2) is 4.68 Å². The summed E-state index contributed by atoms with van der Waals surface area (Å²) in [5.41, 5.74) is 3.78. The van der Waals surface area contributed by atoms with Crippen LogP contribution in [-0.4, -0.2) is 74.2 Å². The molecule has 3 aliphatic rings. The van der Waals surface area contributed by atoms with Crippen molar-refractivity contribution < 1.29 is 4.79 Å². The fraction of sp³-hybridized carbons (Fsp3) is 0.600. The van der Waals surface area contributed by atoms with E-state index in [2.05, 4.69) is 20.2 Å². The second-order valence-electron chi connectivity index (χ2n) is 8.10. The van der Waals surface area contributed by atoms with Gasteiger partial charge in [0, 0.05) is 62.6 Å². The van der Waals surface area contributed by atoms with Crippen molar-refractivity contribution in [3.05, 3.63) is 45.1 Å². The predicted octanol–water partition coefficient (Wildman–Crippen LogP) is 1.09. The number of piperazine rings is 1. The molecule has 154 valence electrons. The number of nitrogens with one attached hydrogen (secondary N) is 1. The number of carbonyl (C=O) groups excluding carboxylic acids is 1. The summed E-state index contributed by atoms with van der Waals surface area (Å²) in [6.45, 7) is 4.36. The molecule has 0 unspecified atom stereocenters. The van der Waals surface area contributed by atoms with E-state index < -0.39 is 0 Å². The number of hydrogen-bond acceptors (Lipinski definition) is 6. The Labute approximate surface area is 173 Å². The van der Waals surface area contributed by atoms with Crippen molar-refractivity contribution in [2.45, 2.75) is 37.5 Å². The van der Waals surface area contributed by atoms with Crippen molar-refractivity contribution in [1.82, 2.24) is 29.8 Å². The highest BCUT2D eigenvalue weighted by Crippen LogP contribution is 2.39. The maximum atomic E-state index is 12.7. The lowest BCUT2D eigenvalue weighted by Gasteiger charge is -2.34. The van der Waals surface area contributed by atoms with E-state index in [1.54, 1.807) is 10.7 Å². The first-order chi connectivity index (χ1) is 14.2. The molecule has 2 aromatic rings. The number of nitrogens with zero attached hydrogens (tertiary/aromatic N) is 5. The van der Waals surface area contributed by atoms with Crippen LogP contribution >= 0.6 is 11.8 Å². The zero-order valence-corrected chi connectivity index (χ0v) is 17.3. The summed E-state index contributed by atoms with van der Waals surface area (Å²) < 4.78 is 1.61. The molecule has 2 aromatic heterocycles. The lowest BCUT2D eigenvalue weighted by Crippen LogP contribution is -2.49. The quantitative estimate of drug-likeness (QED) is 0.788. The number of fused-ring (bicyclic) bond motifs is 1. The van der Waals surface area contributed by atoms with Crippen molar-refractivity contribution in [3.8, 4) is 0 Å². The Hall–Kier alpha value is -2.13. The molecule has 0 radical (unpaired) electrons. The number of thioether (sulfide) groups is 1. The minimum atomic E-state index is -0.00920. The normalized spacial score (nSPS) is 19.9. The molecule has 1 N–H and O–H groups in total. The van der Waals surface area contributed by atoms with Gasteiger partial charge in [-0.2, -0.15) is 22.0 Å². The molecule has 1 saturated heterocycles. The van der Waals surface area contributed by atoms with Crippen LogP contribution in [0, 0.1) is 0 Å². The molecule has 1 aliphatic carbocycles. The molecule has 4 heterocycles. The van der Waals surface area contributed by atoms with E-state index in [9.17, 15) is 9.59 Å². The van der Waals surface area contributed by atoms with Crippen LogP contribution in [0.15, 0.2) is 16.9 Å². The third-order valence-corrected chi connectivity index (χ3v) is 7.03. The molecule has 1 amide bonds. The van der Waals surface area contributed by atoms with Gasteiger partial charge in [0.15, 0.2) is 0 Å². The maximum Gasteiger partial charge on any atom is 0.274 e. The van der Waals surface area contributed by atoms with Crippen molar-refractivity contribution in [2.75, 3.05) is 38.5 Å². The summed E-state index contributed by atoms with van der Waals surface area (Å²) >= 11 is 1.86. The average molecular weight is 415 g/mol. The number of H-pyrrole nitrogens is 1. The highest BCUT2D eigenvalue weighted by Gasteiger charge is 2.28. The maximum absolute atomic E-state index is 12.7. The summed E-state index contributed by atoms with van der Waals surface area (Å²) in [4.78, 5) is 29.2. The molecule has 0 spiro atoms. The fourth-order valence-corrected chi connectivity index (χ4v) is 4.99. The molecule has 8 nitrogen and oxygen atoms in total. The Balaban J connectivity index is 1.14.